The van der Waals surface area contributed by atoms with Crippen LogP contribution in [0.25, 0.3) is 0 Å². The average molecular weight is 194 g/mol. The van der Waals surface area contributed by atoms with Crippen molar-refractivity contribution in [2.75, 3.05) is 19.6 Å². The second-order valence-electron chi connectivity index (χ2n) is 4.07. The molecule has 1 saturated heterocycles. The van der Waals surface area contributed by atoms with E-state index < -0.39 is 0 Å². The van der Waals surface area contributed by atoms with Gasteiger partial charge in [0, 0.05) is 31.0 Å². The molecule has 1 unspecified atom stereocenters. The number of nitrogens with zero attached hydrogens (tertiary/aromatic N) is 1. The molecule has 0 aromatic carbocycles. The quantitative estimate of drug-likeness (QED) is 0.726. The summed E-state index contributed by atoms with van der Waals surface area (Å²) in [4.78, 5) is 2.35. The van der Waals surface area contributed by atoms with E-state index in [0.717, 1.165) is 19.6 Å². The van der Waals surface area contributed by atoms with Crippen molar-refractivity contribution in [2.45, 2.75) is 26.7 Å². The van der Waals surface area contributed by atoms with Gasteiger partial charge in [0.25, 0.3) is 0 Å². The molecule has 0 aromatic heterocycles. The number of allylic oxidation sites excluding steroid dienone is 2. The van der Waals surface area contributed by atoms with Crippen molar-refractivity contribution in [2.24, 2.45) is 5.92 Å². The van der Waals surface area contributed by atoms with Crippen LogP contribution in [0.4, 0.5) is 0 Å². The highest BCUT2D eigenvalue weighted by molar-refractivity contribution is 5.01. The summed E-state index contributed by atoms with van der Waals surface area (Å²) in [7, 11) is 0. The maximum Gasteiger partial charge on any atom is 0.0348 e. The molecule has 1 aliphatic heterocycles. The normalized spacial score (nSPS) is 23.7. The van der Waals surface area contributed by atoms with Crippen LogP contribution in [0.15, 0.2) is 24.6 Å². The van der Waals surface area contributed by atoms with E-state index in [1.54, 1.807) is 0 Å². The molecule has 0 saturated carbocycles. The van der Waals surface area contributed by atoms with Crippen LogP contribution < -0.4 is 5.32 Å². The maximum absolute atomic E-state index is 4.09. The van der Waals surface area contributed by atoms with Crippen LogP contribution in [-0.4, -0.2) is 24.5 Å². The molecule has 0 aliphatic carbocycles. The Morgan fingerprint density at radius 3 is 2.86 bits per heavy atom. The number of nitrogens with one attached hydrogen (secondary N) is 1. The lowest BCUT2D eigenvalue weighted by Crippen LogP contribution is -2.36. The van der Waals surface area contributed by atoms with Gasteiger partial charge in [-0.2, -0.15) is 0 Å². The topological polar surface area (TPSA) is 15.3 Å². The molecule has 1 fully saturated rings. The highest BCUT2D eigenvalue weighted by Crippen LogP contribution is 2.18. The van der Waals surface area contributed by atoms with Crippen molar-refractivity contribution in [3.05, 3.63) is 24.6 Å². The lowest BCUT2D eigenvalue weighted by Gasteiger charge is -2.31. The van der Waals surface area contributed by atoms with E-state index in [-0.39, 0.29) is 0 Å². The SMILES string of the molecule is C=C1NCCN(C(=C)C)CCC1CC. The Bertz CT molecular complexity index is 218. The van der Waals surface area contributed by atoms with Crippen LogP contribution in [0, 0.1) is 5.92 Å². The van der Waals surface area contributed by atoms with Gasteiger partial charge < -0.3 is 10.2 Å². The fourth-order valence-corrected chi connectivity index (χ4v) is 1.93. The van der Waals surface area contributed by atoms with E-state index in [1.807, 2.05) is 0 Å². The Morgan fingerprint density at radius 1 is 1.57 bits per heavy atom. The molecule has 1 aliphatic rings. The van der Waals surface area contributed by atoms with Gasteiger partial charge in [0.15, 0.2) is 0 Å². The summed E-state index contributed by atoms with van der Waals surface area (Å²) in [5, 5.41) is 3.39. The summed E-state index contributed by atoms with van der Waals surface area (Å²) in [6.07, 6.45) is 2.37. The molecule has 0 bridgehead atoms. The van der Waals surface area contributed by atoms with Crippen LogP contribution in [0.1, 0.15) is 26.7 Å². The minimum absolute atomic E-state index is 0.622. The Labute approximate surface area is 87.7 Å². The van der Waals surface area contributed by atoms with E-state index in [4.69, 9.17) is 0 Å². The minimum atomic E-state index is 0.622. The van der Waals surface area contributed by atoms with Gasteiger partial charge in [0.05, 0.1) is 0 Å². The van der Waals surface area contributed by atoms with E-state index in [9.17, 15) is 0 Å². The smallest absolute Gasteiger partial charge is 0.0348 e. The summed E-state index contributed by atoms with van der Waals surface area (Å²) in [5.74, 6) is 0.622. The zero-order valence-electron chi connectivity index (χ0n) is 9.47. The van der Waals surface area contributed by atoms with Gasteiger partial charge in [0.2, 0.25) is 0 Å². The third-order valence-electron chi connectivity index (χ3n) is 3.01. The predicted molar refractivity (Wildman–Crippen MR) is 61.9 cm³/mol. The fourth-order valence-electron chi connectivity index (χ4n) is 1.93. The number of rotatable bonds is 2. The predicted octanol–water partition coefficient (Wildman–Crippen LogP) is 2.36. The Kier molecular flexibility index (Phi) is 4.05. The third kappa shape index (κ3) is 2.79. The first-order valence-electron chi connectivity index (χ1n) is 5.48. The second kappa shape index (κ2) is 5.08. The van der Waals surface area contributed by atoms with Gasteiger partial charge in [-0.15, -0.1) is 0 Å². The molecule has 0 aromatic rings. The lowest BCUT2D eigenvalue weighted by molar-refractivity contribution is 0.295. The molecule has 0 spiro atoms. The molecule has 0 radical (unpaired) electrons. The van der Waals surface area contributed by atoms with Crippen LogP contribution in [-0.2, 0) is 0 Å². The van der Waals surface area contributed by atoms with Crippen molar-refractivity contribution < 1.29 is 0 Å². The van der Waals surface area contributed by atoms with Gasteiger partial charge >= 0.3 is 0 Å². The lowest BCUT2D eigenvalue weighted by atomic mass is 9.98. The summed E-state index contributed by atoms with van der Waals surface area (Å²) in [5.41, 5.74) is 2.39. The molecule has 2 heteroatoms. The van der Waals surface area contributed by atoms with Gasteiger partial charge in [-0.25, -0.2) is 0 Å². The van der Waals surface area contributed by atoms with E-state index >= 15 is 0 Å². The average Bonchev–Trinajstić information content (AvgIpc) is 2.11. The monoisotopic (exact) mass is 194 g/mol. The van der Waals surface area contributed by atoms with E-state index in [2.05, 4.69) is 37.2 Å². The van der Waals surface area contributed by atoms with Gasteiger partial charge in [-0.05, 0) is 25.7 Å². The van der Waals surface area contributed by atoms with Crippen LogP contribution in [0.5, 0.6) is 0 Å². The van der Waals surface area contributed by atoms with Crippen LogP contribution >= 0.6 is 0 Å². The van der Waals surface area contributed by atoms with Gasteiger partial charge in [0.1, 0.15) is 0 Å². The van der Waals surface area contributed by atoms with Crippen molar-refractivity contribution in [3.63, 3.8) is 0 Å². The molecule has 14 heavy (non-hydrogen) atoms. The highest BCUT2D eigenvalue weighted by Gasteiger charge is 2.15. The van der Waals surface area contributed by atoms with Crippen molar-refractivity contribution >= 4 is 0 Å². The van der Waals surface area contributed by atoms with Gasteiger partial charge in [-0.1, -0.05) is 20.1 Å². The fraction of sp³-hybridized carbons (Fsp3) is 0.667. The summed E-state index contributed by atoms with van der Waals surface area (Å²) < 4.78 is 0. The largest absolute Gasteiger partial charge is 0.387 e. The summed E-state index contributed by atoms with van der Waals surface area (Å²) >= 11 is 0. The minimum Gasteiger partial charge on any atom is -0.387 e. The molecule has 80 valence electrons. The van der Waals surface area contributed by atoms with Crippen LogP contribution in [0.2, 0.25) is 0 Å². The molecule has 2 nitrogen and oxygen atoms in total. The number of hydrogen-bond acceptors (Lipinski definition) is 2. The highest BCUT2D eigenvalue weighted by atomic mass is 15.1. The molecule has 0 amide bonds. The molecule has 1 N–H and O–H groups in total. The van der Waals surface area contributed by atoms with Gasteiger partial charge in [-0.3, -0.25) is 0 Å². The number of hydrogen-bond donors (Lipinski definition) is 1. The Hall–Kier alpha value is -0.920. The summed E-state index contributed by atoms with van der Waals surface area (Å²) in [6, 6.07) is 0. The van der Waals surface area contributed by atoms with Crippen molar-refractivity contribution in [1.29, 1.82) is 0 Å². The zero-order valence-corrected chi connectivity index (χ0v) is 9.47. The summed E-state index contributed by atoms with van der Waals surface area (Å²) in [6.45, 7) is 15.5. The second-order valence-corrected chi connectivity index (χ2v) is 4.07. The van der Waals surface area contributed by atoms with Crippen molar-refractivity contribution in [1.82, 2.24) is 10.2 Å². The van der Waals surface area contributed by atoms with E-state index in [0.29, 0.717) is 5.92 Å². The van der Waals surface area contributed by atoms with Crippen molar-refractivity contribution in [3.8, 4) is 0 Å². The zero-order chi connectivity index (χ0) is 10.6. The molecule has 1 heterocycles. The Morgan fingerprint density at radius 2 is 2.29 bits per heavy atom. The molecule has 1 rings (SSSR count). The Balaban J connectivity index is 2.54. The first-order chi connectivity index (χ1) is 6.65. The molecular formula is C12H22N2. The van der Waals surface area contributed by atoms with Crippen LogP contribution in [0.3, 0.4) is 0 Å². The maximum atomic E-state index is 4.09. The van der Waals surface area contributed by atoms with E-state index in [1.165, 1.54) is 24.2 Å². The first-order valence-corrected chi connectivity index (χ1v) is 5.48. The molecule has 1 atom stereocenters. The standard InChI is InChI=1S/C12H22N2/c1-5-12-6-8-14(10(2)3)9-7-13-11(12)4/h12-13H,2,4-9H2,1,3H3. The first kappa shape index (κ1) is 11.2. The third-order valence-corrected chi connectivity index (χ3v) is 3.01. The molecular weight excluding hydrogens is 172 g/mol.